The van der Waals surface area contributed by atoms with Crippen LogP contribution >= 0.6 is 0 Å². The fraction of sp³-hybridized carbons (Fsp3) is 0.526. The van der Waals surface area contributed by atoms with Gasteiger partial charge in [-0.05, 0) is 50.7 Å². The van der Waals surface area contributed by atoms with Gasteiger partial charge in [0.1, 0.15) is 5.58 Å². The Balaban J connectivity index is 1.77. The molecule has 1 aromatic carbocycles. The molecule has 2 N–H and O–H groups in total. The first-order valence-corrected chi connectivity index (χ1v) is 8.47. The van der Waals surface area contributed by atoms with E-state index in [9.17, 15) is 4.79 Å². The Morgan fingerprint density at radius 3 is 2.96 bits per heavy atom. The van der Waals surface area contributed by atoms with Crippen LogP contribution in [0.4, 0.5) is 0 Å². The lowest BCUT2D eigenvalue weighted by Gasteiger charge is -2.34. The minimum atomic E-state index is 0.144. The smallest absolute Gasteiger partial charge is 0.227 e. The lowest BCUT2D eigenvalue weighted by Crippen LogP contribution is -2.45. The van der Waals surface area contributed by atoms with Crippen molar-refractivity contribution in [2.75, 3.05) is 13.1 Å². The molecule has 2 unspecified atom stereocenters. The molecule has 1 aromatic heterocycles. The molecular formula is C19H26N2O2. The van der Waals surface area contributed by atoms with Gasteiger partial charge in [0.15, 0.2) is 0 Å². The predicted octanol–water partition coefficient (Wildman–Crippen LogP) is 3.18. The van der Waals surface area contributed by atoms with E-state index in [2.05, 4.69) is 26.0 Å². The number of hydrogen-bond acceptors (Lipinski definition) is 3. The number of benzene rings is 1. The van der Waals surface area contributed by atoms with Crippen LogP contribution in [0.5, 0.6) is 0 Å². The van der Waals surface area contributed by atoms with Gasteiger partial charge in [0.05, 0.1) is 12.7 Å². The molecule has 1 saturated heterocycles. The number of rotatable bonds is 3. The second-order valence-electron chi connectivity index (χ2n) is 6.92. The van der Waals surface area contributed by atoms with E-state index in [1.165, 1.54) is 5.56 Å². The average Bonchev–Trinajstić information content (AvgIpc) is 2.94. The summed E-state index contributed by atoms with van der Waals surface area (Å²) in [6.45, 7) is 7.79. The Morgan fingerprint density at radius 2 is 2.22 bits per heavy atom. The summed E-state index contributed by atoms with van der Waals surface area (Å²) in [6.07, 6.45) is 4.31. The van der Waals surface area contributed by atoms with E-state index in [-0.39, 0.29) is 11.9 Å². The summed E-state index contributed by atoms with van der Waals surface area (Å²) in [4.78, 5) is 14.6. The van der Waals surface area contributed by atoms with E-state index >= 15 is 0 Å². The molecule has 1 amide bonds. The molecule has 3 rings (SSSR count). The number of carbonyl (C=O) groups is 1. The largest absolute Gasteiger partial charge is 0.464 e. The van der Waals surface area contributed by atoms with Crippen molar-refractivity contribution in [2.45, 2.75) is 46.1 Å². The monoisotopic (exact) mass is 314 g/mol. The van der Waals surface area contributed by atoms with E-state index in [0.29, 0.717) is 12.3 Å². The summed E-state index contributed by atoms with van der Waals surface area (Å²) in [5.74, 6) is 0.593. The summed E-state index contributed by atoms with van der Waals surface area (Å²) in [5.41, 5.74) is 10.3. The van der Waals surface area contributed by atoms with Crippen molar-refractivity contribution in [1.29, 1.82) is 0 Å². The van der Waals surface area contributed by atoms with Crippen LogP contribution in [0.2, 0.25) is 0 Å². The van der Waals surface area contributed by atoms with Gasteiger partial charge in [-0.3, -0.25) is 4.79 Å². The Hall–Kier alpha value is -1.81. The van der Waals surface area contributed by atoms with Gasteiger partial charge in [-0.15, -0.1) is 0 Å². The van der Waals surface area contributed by atoms with E-state index < -0.39 is 0 Å². The molecule has 1 aliphatic heterocycles. The molecule has 0 spiro atoms. The maximum Gasteiger partial charge on any atom is 0.227 e. The van der Waals surface area contributed by atoms with E-state index in [4.69, 9.17) is 10.2 Å². The molecule has 0 radical (unpaired) electrons. The summed E-state index contributed by atoms with van der Waals surface area (Å²) in [5, 5.41) is 1.06. The fourth-order valence-corrected chi connectivity index (χ4v) is 3.47. The predicted molar refractivity (Wildman–Crippen MR) is 92.3 cm³/mol. The molecule has 1 fully saturated rings. The number of nitrogens with zero attached hydrogens (tertiary/aromatic N) is 1. The third-order valence-electron chi connectivity index (χ3n) is 5.24. The van der Waals surface area contributed by atoms with Gasteiger partial charge in [0.25, 0.3) is 0 Å². The number of amides is 1. The summed E-state index contributed by atoms with van der Waals surface area (Å²) < 4.78 is 5.72. The standard InChI is InChI=1S/C19H26N2O2/c1-12-6-7-17-16(11-23-19(17)13(12)2)9-18(22)21-8-4-5-15(10-21)14(3)20/h6-7,11,14-15H,4-5,8-10,20H2,1-3H3. The Bertz CT molecular complexity index is 717. The molecular weight excluding hydrogens is 288 g/mol. The normalized spacial score (nSPS) is 20.0. The number of nitrogens with two attached hydrogens (primary N) is 1. The lowest BCUT2D eigenvalue weighted by molar-refractivity contribution is -0.132. The summed E-state index contributed by atoms with van der Waals surface area (Å²) in [6, 6.07) is 4.30. The van der Waals surface area contributed by atoms with Crippen LogP contribution in [0.25, 0.3) is 11.0 Å². The Labute approximate surface area is 137 Å². The van der Waals surface area contributed by atoms with Gasteiger partial charge in [-0.2, -0.15) is 0 Å². The highest BCUT2D eigenvalue weighted by molar-refractivity contribution is 5.89. The quantitative estimate of drug-likeness (QED) is 0.946. The fourth-order valence-electron chi connectivity index (χ4n) is 3.47. The highest BCUT2D eigenvalue weighted by Crippen LogP contribution is 2.27. The van der Waals surface area contributed by atoms with E-state index in [0.717, 1.165) is 48.0 Å². The van der Waals surface area contributed by atoms with Gasteiger partial charge in [0, 0.05) is 30.1 Å². The molecule has 2 aromatic rings. The number of furan rings is 1. The number of aryl methyl sites for hydroxylation is 2. The zero-order valence-electron chi connectivity index (χ0n) is 14.3. The van der Waals surface area contributed by atoms with Crippen molar-refractivity contribution >= 4 is 16.9 Å². The van der Waals surface area contributed by atoms with Crippen molar-refractivity contribution in [3.05, 3.63) is 35.1 Å². The minimum Gasteiger partial charge on any atom is -0.464 e. The van der Waals surface area contributed by atoms with Gasteiger partial charge in [-0.1, -0.05) is 12.1 Å². The first-order valence-electron chi connectivity index (χ1n) is 8.47. The van der Waals surface area contributed by atoms with E-state index in [1.807, 2.05) is 11.8 Å². The molecule has 0 saturated carbocycles. The molecule has 2 atom stereocenters. The van der Waals surface area contributed by atoms with Crippen molar-refractivity contribution in [2.24, 2.45) is 11.7 Å². The number of carbonyl (C=O) groups excluding carboxylic acids is 1. The molecule has 124 valence electrons. The second kappa shape index (κ2) is 6.36. The van der Waals surface area contributed by atoms with Crippen molar-refractivity contribution in [1.82, 2.24) is 4.90 Å². The first-order chi connectivity index (χ1) is 11.0. The SMILES string of the molecule is Cc1ccc2c(CC(=O)N3CCCC(C(C)N)C3)coc2c1C. The second-order valence-corrected chi connectivity index (χ2v) is 6.92. The minimum absolute atomic E-state index is 0.144. The number of piperidine rings is 1. The molecule has 2 heterocycles. The first kappa shape index (κ1) is 16.1. The molecule has 0 bridgehead atoms. The molecule has 23 heavy (non-hydrogen) atoms. The maximum atomic E-state index is 12.7. The molecule has 1 aliphatic rings. The van der Waals surface area contributed by atoms with Crippen LogP contribution in [0.15, 0.2) is 22.8 Å². The molecule has 4 nitrogen and oxygen atoms in total. The van der Waals surface area contributed by atoms with Gasteiger partial charge >= 0.3 is 0 Å². The van der Waals surface area contributed by atoms with Crippen LogP contribution < -0.4 is 5.73 Å². The van der Waals surface area contributed by atoms with Crippen LogP contribution in [0, 0.1) is 19.8 Å². The zero-order chi connectivity index (χ0) is 16.6. The zero-order valence-corrected chi connectivity index (χ0v) is 14.3. The summed E-state index contributed by atoms with van der Waals surface area (Å²) >= 11 is 0. The third-order valence-corrected chi connectivity index (χ3v) is 5.24. The number of fused-ring (bicyclic) bond motifs is 1. The van der Waals surface area contributed by atoms with E-state index in [1.54, 1.807) is 6.26 Å². The average molecular weight is 314 g/mol. The van der Waals surface area contributed by atoms with Crippen LogP contribution in [0.3, 0.4) is 0 Å². The molecule has 4 heteroatoms. The van der Waals surface area contributed by atoms with Gasteiger partial charge in [-0.25, -0.2) is 0 Å². The topological polar surface area (TPSA) is 59.5 Å². The van der Waals surface area contributed by atoms with Crippen LogP contribution in [0.1, 0.15) is 36.5 Å². The Morgan fingerprint density at radius 1 is 1.43 bits per heavy atom. The number of hydrogen-bond donors (Lipinski definition) is 1. The summed E-state index contributed by atoms with van der Waals surface area (Å²) in [7, 11) is 0. The number of likely N-dealkylation sites (tertiary alicyclic amines) is 1. The maximum absolute atomic E-state index is 12.7. The van der Waals surface area contributed by atoms with Crippen LogP contribution in [-0.2, 0) is 11.2 Å². The van der Waals surface area contributed by atoms with Gasteiger partial charge < -0.3 is 15.1 Å². The molecule has 0 aliphatic carbocycles. The highest BCUT2D eigenvalue weighted by atomic mass is 16.3. The van der Waals surface area contributed by atoms with Crippen LogP contribution in [-0.4, -0.2) is 29.9 Å². The third kappa shape index (κ3) is 3.13. The van der Waals surface area contributed by atoms with Crippen molar-refractivity contribution in [3.63, 3.8) is 0 Å². The van der Waals surface area contributed by atoms with Crippen molar-refractivity contribution in [3.8, 4) is 0 Å². The van der Waals surface area contributed by atoms with Crippen molar-refractivity contribution < 1.29 is 9.21 Å². The Kier molecular flexibility index (Phi) is 4.44. The van der Waals surface area contributed by atoms with Gasteiger partial charge in [0.2, 0.25) is 5.91 Å². The highest BCUT2D eigenvalue weighted by Gasteiger charge is 2.26. The lowest BCUT2D eigenvalue weighted by atomic mass is 9.92.